The van der Waals surface area contributed by atoms with Crippen molar-refractivity contribution in [2.24, 2.45) is 5.73 Å². The number of nitrogen functional groups attached to an aromatic ring is 1. The number of nitrogens with zero attached hydrogens (tertiary/aromatic N) is 2. The summed E-state index contributed by atoms with van der Waals surface area (Å²) < 4.78 is 17.4. The first-order valence-corrected chi connectivity index (χ1v) is 10.2. The SMILES string of the molecule is CCCC(C(=O)NC(C)(C)C)N(C(=O)c1snc(C(N)=O)c1N)c1ccc(F)cc1. The highest BCUT2D eigenvalue weighted by atomic mass is 32.1. The van der Waals surface area contributed by atoms with Crippen LogP contribution in [0.3, 0.4) is 0 Å². The van der Waals surface area contributed by atoms with E-state index in [1.54, 1.807) is 0 Å². The average molecular weight is 436 g/mol. The molecule has 2 rings (SSSR count). The van der Waals surface area contributed by atoms with Gasteiger partial charge in [0, 0.05) is 11.2 Å². The molecule has 0 radical (unpaired) electrons. The van der Waals surface area contributed by atoms with Crippen LogP contribution in [-0.4, -0.2) is 33.7 Å². The Balaban J connectivity index is 2.58. The number of halogens is 1. The lowest BCUT2D eigenvalue weighted by Gasteiger charge is -2.33. The minimum Gasteiger partial charge on any atom is -0.395 e. The van der Waals surface area contributed by atoms with Crippen molar-refractivity contribution in [1.82, 2.24) is 9.69 Å². The van der Waals surface area contributed by atoms with Crippen LogP contribution in [0.5, 0.6) is 0 Å². The fourth-order valence-corrected chi connectivity index (χ4v) is 3.63. The lowest BCUT2D eigenvalue weighted by molar-refractivity contribution is -0.123. The highest BCUT2D eigenvalue weighted by molar-refractivity contribution is 7.09. The summed E-state index contributed by atoms with van der Waals surface area (Å²) in [6, 6.07) is 4.33. The zero-order valence-electron chi connectivity index (χ0n) is 17.4. The smallest absolute Gasteiger partial charge is 0.272 e. The van der Waals surface area contributed by atoms with Crippen LogP contribution in [0.15, 0.2) is 24.3 Å². The van der Waals surface area contributed by atoms with Gasteiger partial charge in [-0.3, -0.25) is 19.3 Å². The molecule has 0 bridgehead atoms. The van der Waals surface area contributed by atoms with Crippen LogP contribution in [0.2, 0.25) is 0 Å². The number of anilines is 2. The molecule has 1 aromatic heterocycles. The maximum atomic E-state index is 13.5. The molecule has 1 aromatic carbocycles. The summed E-state index contributed by atoms with van der Waals surface area (Å²) in [5, 5.41) is 2.89. The summed E-state index contributed by atoms with van der Waals surface area (Å²) in [6.07, 6.45) is 0.963. The molecule has 0 spiro atoms. The molecule has 0 aliphatic heterocycles. The first kappa shape index (κ1) is 23.3. The first-order chi connectivity index (χ1) is 14.0. The Morgan fingerprint density at radius 1 is 1.23 bits per heavy atom. The van der Waals surface area contributed by atoms with E-state index in [1.165, 1.54) is 29.2 Å². The number of carbonyl (C=O) groups excluding carboxylic acids is 3. The quantitative estimate of drug-likeness (QED) is 0.615. The number of aromatic nitrogens is 1. The molecular weight excluding hydrogens is 409 g/mol. The Bertz CT molecular complexity index is 937. The number of primary amides is 1. The summed E-state index contributed by atoms with van der Waals surface area (Å²) in [7, 11) is 0. The van der Waals surface area contributed by atoms with Gasteiger partial charge in [0.2, 0.25) is 5.91 Å². The van der Waals surface area contributed by atoms with Crippen LogP contribution >= 0.6 is 11.5 Å². The maximum Gasteiger partial charge on any atom is 0.272 e. The van der Waals surface area contributed by atoms with E-state index in [2.05, 4.69) is 9.69 Å². The van der Waals surface area contributed by atoms with Crippen molar-refractivity contribution in [2.75, 3.05) is 10.6 Å². The van der Waals surface area contributed by atoms with E-state index in [9.17, 15) is 18.8 Å². The molecule has 5 N–H and O–H groups in total. The molecule has 0 saturated carbocycles. The largest absolute Gasteiger partial charge is 0.395 e. The topological polar surface area (TPSA) is 131 Å². The number of hydrogen-bond acceptors (Lipinski definition) is 6. The third-order valence-corrected chi connectivity index (χ3v) is 5.00. The van der Waals surface area contributed by atoms with Crippen molar-refractivity contribution in [3.63, 3.8) is 0 Å². The van der Waals surface area contributed by atoms with Crippen molar-refractivity contribution >= 4 is 40.6 Å². The van der Waals surface area contributed by atoms with Crippen LogP contribution in [0.25, 0.3) is 0 Å². The van der Waals surface area contributed by atoms with E-state index >= 15 is 0 Å². The van der Waals surface area contributed by atoms with Crippen LogP contribution in [0.4, 0.5) is 15.8 Å². The van der Waals surface area contributed by atoms with E-state index in [4.69, 9.17) is 11.5 Å². The number of benzene rings is 1. The normalized spacial score (nSPS) is 12.3. The second-order valence-corrected chi connectivity index (χ2v) is 8.61. The van der Waals surface area contributed by atoms with Crippen LogP contribution < -0.4 is 21.7 Å². The predicted octanol–water partition coefficient (Wildman–Crippen LogP) is 2.69. The molecule has 1 heterocycles. The molecule has 0 fully saturated rings. The Hall–Kier alpha value is -3.01. The van der Waals surface area contributed by atoms with Gasteiger partial charge in [-0.05, 0) is 63.0 Å². The Morgan fingerprint density at radius 2 is 1.83 bits per heavy atom. The van der Waals surface area contributed by atoms with E-state index in [0.29, 0.717) is 18.5 Å². The number of carbonyl (C=O) groups is 3. The van der Waals surface area contributed by atoms with Crippen molar-refractivity contribution in [1.29, 1.82) is 0 Å². The molecule has 30 heavy (non-hydrogen) atoms. The minimum atomic E-state index is -0.884. The summed E-state index contributed by atoms with van der Waals surface area (Å²) in [4.78, 5) is 39.3. The van der Waals surface area contributed by atoms with Gasteiger partial charge in [0.15, 0.2) is 5.69 Å². The second kappa shape index (κ2) is 9.21. The third kappa shape index (κ3) is 5.32. The molecule has 1 unspecified atom stereocenters. The van der Waals surface area contributed by atoms with Gasteiger partial charge in [-0.2, -0.15) is 4.37 Å². The van der Waals surface area contributed by atoms with Gasteiger partial charge in [0.25, 0.3) is 11.8 Å². The molecule has 2 aromatic rings. The highest BCUT2D eigenvalue weighted by Gasteiger charge is 2.35. The molecule has 3 amide bonds. The fraction of sp³-hybridized carbons (Fsp3) is 0.400. The van der Waals surface area contributed by atoms with Crippen molar-refractivity contribution in [3.05, 3.63) is 40.7 Å². The summed E-state index contributed by atoms with van der Waals surface area (Å²) >= 11 is 0.726. The van der Waals surface area contributed by atoms with Gasteiger partial charge in [0.05, 0.1) is 5.69 Å². The van der Waals surface area contributed by atoms with Gasteiger partial charge in [-0.25, -0.2) is 4.39 Å². The third-order valence-electron chi connectivity index (χ3n) is 4.15. The lowest BCUT2D eigenvalue weighted by atomic mass is 10.0. The minimum absolute atomic E-state index is 0.0159. The molecule has 1 atom stereocenters. The Kier molecular flexibility index (Phi) is 7.14. The molecule has 162 valence electrons. The fourth-order valence-electron chi connectivity index (χ4n) is 2.88. The number of amides is 3. The van der Waals surface area contributed by atoms with E-state index in [1.807, 2.05) is 27.7 Å². The number of rotatable bonds is 7. The van der Waals surface area contributed by atoms with E-state index < -0.39 is 29.2 Å². The van der Waals surface area contributed by atoms with Crippen molar-refractivity contribution in [2.45, 2.75) is 52.1 Å². The number of hydrogen-bond donors (Lipinski definition) is 3. The maximum absolute atomic E-state index is 13.5. The Labute approximate surface area is 178 Å². The predicted molar refractivity (Wildman–Crippen MR) is 115 cm³/mol. The first-order valence-electron chi connectivity index (χ1n) is 9.42. The second-order valence-electron chi connectivity index (χ2n) is 7.83. The van der Waals surface area contributed by atoms with Gasteiger partial charge in [-0.1, -0.05) is 13.3 Å². The molecule has 0 saturated heterocycles. The van der Waals surface area contributed by atoms with E-state index in [0.717, 1.165) is 11.5 Å². The van der Waals surface area contributed by atoms with E-state index in [-0.39, 0.29) is 22.2 Å². The van der Waals surface area contributed by atoms with Crippen molar-refractivity contribution < 1.29 is 18.8 Å². The molecule has 8 nitrogen and oxygen atoms in total. The summed E-state index contributed by atoms with van der Waals surface area (Å²) in [5.74, 6) is -2.32. The monoisotopic (exact) mass is 435 g/mol. The summed E-state index contributed by atoms with van der Waals surface area (Å²) in [5.41, 5.74) is 10.6. The summed E-state index contributed by atoms with van der Waals surface area (Å²) in [6.45, 7) is 7.38. The average Bonchev–Trinajstić information content (AvgIpc) is 3.02. The molecule has 0 aliphatic carbocycles. The van der Waals surface area contributed by atoms with Crippen molar-refractivity contribution in [3.8, 4) is 0 Å². The van der Waals surface area contributed by atoms with Crippen LogP contribution in [0, 0.1) is 5.82 Å². The van der Waals surface area contributed by atoms with Gasteiger partial charge in [-0.15, -0.1) is 0 Å². The zero-order valence-corrected chi connectivity index (χ0v) is 18.2. The lowest BCUT2D eigenvalue weighted by Crippen LogP contribution is -2.54. The standard InChI is InChI=1S/C20H26FN5O3S/c1-5-6-13(18(28)24-20(2,3)4)26(12-9-7-11(21)8-10-12)19(29)16-14(22)15(17(23)27)25-30-16/h7-10,13H,5-6,22H2,1-4H3,(H2,23,27)(H,24,28). The van der Waals surface area contributed by atoms with Crippen LogP contribution in [-0.2, 0) is 4.79 Å². The zero-order chi connectivity index (χ0) is 22.6. The number of nitrogens with one attached hydrogen (secondary N) is 1. The van der Waals surface area contributed by atoms with Gasteiger partial charge < -0.3 is 16.8 Å². The van der Waals surface area contributed by atoms with Gasteiger partial charge in [0.1, 0.15) is 16.7 Å². The molecule has 0 aliphatic rings. The highest BCUT2D eigenvalue weighted by Crippen LogP contribution is 2.29. The van der Waals surface area contributed by atoms with Gasteiger partial charge >= 0.3 is 0 Å². The molecule has 10 heteroatoms. The Morgan fingerprint density at radius 3 is 2.30 bits per heavy atom. The molecular formula is C20H26FN5O3S. The number of nitrogens with two attached hydrogens (primary N) is 2. The van der Waals surface area contributed by atoms with Crippen LogP contribution in [0.1, 0.15) is 60.7 Å².